The molecule has 0 bridgehead atoms. The Hall–Kier alpha value is -0.420. The third-order valence-corrected chi connectivity index (χ3v) is 2.04. The highest BCUT2D eigenvalue weighted by molar-refractivity contribution is 4.74. The molecular weight excluding hydrogens is 184 g/mol. The quantitative estimate of drug-likeness (QED) is 0.542. The zero-order valence-corrected chi connectivity index (χ0v) is 9.07. The third kappa shape index (κ3) is 7.03. The summed E-state index contributed by atoms with van der Waals surface area (Å²) < 4.78 is 4.57. The van der Waals surface area contributed by atoms with Crippen LogP contribution in [0.15, 0.2) is 12.7 Å². The largest absolute Gasteiger partial charge is 0.396 e. The van der Waals surface area contributed by atoms with Crippen LogP contribution in [-0.4, -0.2) is 48.9 Å². The molecule has 4 nitrogen and oxygen atoms in total. The lowest BCUT2D eigenvalue weighted by atomic mass is 9.88. The molecule has 86 valence electrons. The highest BCUT2D eigenvalue weighted by Crippen LogP contribution is 2.18. The van der Waals surface area contributed by atoms with E-state index in [1.165, 1.54) is 0 Å². The van der Waals surface area contributed by atoms with Crippen LogP contribution in [-0.2, 0) is 4.74 Å². The van der Waals surface area contributed by atoms with Gasteiger partial charge in [0, 0.05) is 12.5 Å². The molecule has 0 rings (SSSR count). The van der Waals surface area contributed by atoms with Crippen molar-refractivity contribution in [3.05, 3.63) is 12.7 Å². The summed E-state index contributed by atoms with van der Waals surface area (Å²) >= 11 is 0. The van der Waals surface area contributed by atoms with Gasteiger partial charge in [-0.3, -0.25) is 0 Å². The van der Waals surface area contributed by atoms with Crippen LogP contribution in [0.1, 0.15) is 13.3 Å². The Kier molecular flexibility index (Phi) is 12.2. The fraction of sp³-hybridized carbons (Fsp3) is 0.800. The number of hydrogen-bond acceptors (Lipinski definition) is 4. The molecule has 3 N–H and O–H groups in total. The second kappa shape index (κ2) is 10.7. The van der Waals surface area contributed by atoms with Gasteiger partial charge in [-0.25, -0.2) is 0 Å². The van der Waals surface area contributed by atoms with Gasteiger partial charge in [-0.15, -0.1) is 6.58 Å². The smallest absolute Gasteiger partial charge is 0.0641 e. The van der Waals surface area contributed by atoms with Crippen molar-refractivity contribution in [2.24, 2.45) is 5.41 Å². The molecule has 0 aromatic carbocycles. The number of aliphatic hydroxyl groups excluding tert-OH is 3. The van der Waals surface area contributed by atoms with E-state index in [-0.39, 0.29) is 19.8 Å². The minimum absolute atomic E-state index is 0.156. The number of hydrogen-bond donors (Lipinski definition) is 3. The van der Waals surface area contributed by atoms with E-state index in [1.54, 1.807) is 13.2 Å². The van der Waals surface area contributed by atoms with Crippen molar-refractivity contribution in [2.45, 2.75) is 13.3 Å². The first kappa shape index (κ1) is 16.0. The van der Waals surface area contributed by atoms with Gasteiger partial charge in [-0.05, 0) is 6.42 Å². The van der Waals surface area contributed by atoms with Crippen LogP contribution >= 0.6 is 0 Å². The van der Waals surface area contributed by atoms with Gasteiger partial charge in [0.15, 0.2) is 0 Å². The van der Waals surface area contributed by atoms with Crippen molar-refractivity contribution in [3.63, 3.8) is 0 Å². The lowest BCUT2D eigenvalue weighted by molar-refractivity contribution is 0.00304. The van der Waals surface area contributed by atoms with Gasteiger partial charge in [-0.2, -0.15) is 0 Å². The van der Waals surface area contributed by atoms with Crippen molar-refractivity contribution < 1.29 is 20.1 Å². The SMILES string of the molecule is C=CCOC.CCC(CO)(CO)CO. The van der Waals surface area contributed by atoms with E-state index < -0.39 is 5.41 Å². The maximum absolute atomic E-state index is 8.66. The van der Waals surface area contributed by atoms with Crippen LogP contribution in [0.3, 0.4) is 0 Å². The van der Waals surface area contributed by atoms with Crippen LogP contribution in [0, 0.1) is 5.41 Å². The number of methoxy groups -OCH3 is 1. The van der Waals surface area contributed by atoms with Crippen molar-refractivity contribution in [1.29, 1.82) is 0 Å². The zero-order valence-electron chi connectivity index (χ0n) is 9.07. The van der Waals surface area contributed by atoms with Crippen molar-refractivity contribution >= 4 is 0 Å². The van der Waals surface area contributed by atoms with E-state index in [0.717, 1.165) is 0 Å². The summed E-state index contributed by atoms with van der Waals surface area (Å²) in [5.41, 5.74) is -0.667. The Morgan fingerprint density at radius 2 is 1.64 bits per heavy atom. The number of rotatable bonds is 6. The number of aliphatic hydroxyl groups is 3. The van der Waals surface area contributed by atoms with Gasteiger partial charge in [-0.1, -0.05) is 13.0 Å². The summed E-state index contributed by atoms with van der Waals surface area (Å²) in [5.74, 6) is 0. The van der Waals surface area contributed by atoms with E-state index in [4.69, 9.17) is 15.3 Å². The van der Waals surface area contributed by atoms with Crippen LogP contribution in [0.25, 0.3) is 0 Å². The van der Waals surface area contributed by atoms with E-state index in [2.05, 4.69) is 11.3 Å². The molecule has 14 heavy (non-hydrogen) atoms. The van der Waals surface area contributed by atoms with Crippen LogP contribution < -0.4 is 0 Å². The second-order valence-electron chi connectivity index (χ2n) is 3.07. The Bertz CT molecular complexity index is 104. The van der Waals surface area contributed by atoms with Crippen molar-refractivity contribution in [1.82, 2.24) is 0 Å². The summed E-state index contributed by atoms with van der Waals surface area (Å²) in [5, 5.41) is 26.0. The first-order valence-corrected chi connectivity index (χ1v) is 4.58. The van der Waals surface area contributed by atoms with Gasteiger partial charge in [0.05, 0.1) is 26.4 Å². The van der Waals surface area contributed by atoms with E-state index >= 15 is 0 Å². The molecule has 0 unspecified atom stereocenters. The molecule has 0 amide bonds. The predicted octanol–water partition coefficient (Wildman–Crippen LogP) is 0.179. The van der Waals surface area contributed by atoms with Gasteiger partial charge in [0.1, 0.15) is 0 Å². The molecule has 0 atom stereocenters. The standard InChI is InChI=1S/C6H14O3.C4H8O/c1-2-6(3-7,4-8)5-9;1-3-4-5-2/h7-9H,2-5H2,1H3;3H,1,4H2,2H3. The molecule has 0 saturated heterocycles. The maximum atomic E-state index is 8.66. The van der Waals surface area contributed by atoms with E-state index in [9.17, 15) is 0 Å². The summed E-state index contributed by atoms with van der Waals surface area (Å²) in [7, 11) is 1.64. The Morgan fingerprint density at radius 3 is 1.64 bits per heavy atom. The second-order valence-corrected chi connectivity index (χ2v) is 3.07. The van der Waals surface area contributed by atoms with E-state index in [1.807, 2.05) is 6.92 Å². The molecule has 0 aromatic rings. The molecule has 0 aromatic heterocycles. The minimum Gasteiger partial charge on any atom is -0.396 e. The van der Waals surface area contributed by atoms with Gasteiger partial charge in [0.25, 0.3) is 0 Å². The Morgan fingerprint density at radius 1 is 1.21 bits per heavy atom. The molecular formula is C10H22O4. The van der Waals surface area contributed by atoms with Crippen molar-refractivity contribution in [2.75, 3.05) is 33.5 Å². The molecule has 0 aliphatic rings. The summed E-state index contributed by atoms with van der Waals surface area (Å²) in [6.45, 7) is 5.43. The lowest BCUT2D eigenvalue weighted by Gasteiger charge is -2.24. The topological polar surface area (TPSA) is 69.9 Å². The molecule has 0 heterocycles. The summed E-state index contributed by atoms with van der Waals surface area (Å²) in [4.78, 5) is 0. The monoisotopic (exact) mass is 206 g/mol. The first-order chi connectivity index (χ1) is 6.66. The predicted molar refractivity (Wildman–Crippen MR) is 56.1 cm³/mol. The maximum Gasteiger partial charge on any atom is 0.0641 e. The molecule has 0 spiro atoms. The van der Waals surface area contributed by atoms with E-state index in [0.29, 0.717) is 13.0 Å². The Labute approximate surface area is 85.8 Å². The zero-order chi connectivity index (χ0) is 11.4. The molecule has 0 fully saturated rings. The summed E-state index contributed by atoms with van der Waals surface area (Å²) in [6, 6.07) is 0. The highest BCUT2D eigenvalue weighted by Gasteiger charge is 2.24. The van der Waals surface area contributed by atoms with Gasteiger partial charge >= 0.3 is 0 Å². The first-order valence-electron chi connectivity index (χ1n) is 4.58. The number of ether oxygens (including phenoxy) is 1. The minimum atomic E-state index is -0.667. The molecule has 4 heteroatoms. The summed E-state index contributed by atoms with van der Waals surface area (Å²) in [6.07, 6.45) is 2.30. The average molecular weight is 206 g/mol. The third-order valence-electron chi connectivity index (χ3n) is 2.04. The van der Waals surface area contributed by atoms with Crippen LogP contribution in [0.2, 0.25) is 0 Å². The van der Waals surface area contributed by atoms with Gasteiger partial charge < -0.3 is 20.1 Å². The lowest BCUT2D eigenvalue weighted by Crippen LogP contribution is -2.32. The Balaban J connectivity index is 0. The fourth-order valence-corrected chi connectivity index (χ4v) is 0.603. The molecule has 0 saturated carbocycles. The van der Waals surface area contributed by atoms with Crippen LogP contribution in [0.4, 0.5) is 0 Å². The van der Waals surface area contributed by atoms with Crippen LogP contribution in [0.5, 0.6) is 0 Å². The van der Waals surface area contributed by atoms with Gasteiger partial charge in [0.2, 0.25) is 0 Å². The van der Waals surface area contributed by atoms with Crippen molar-refractivity contribution in [3.8, 4) is 0 Å². The molecule has 0 radical (unpaired) electrons. The highest BCUT2D eigenvalue weighted by atomic mass is 16.5. The molecule has 0 aliphatic heterocycles. The fourth-order valence-electron chi connectivity index (χ4n) is 0.603. The average Bonchev–Trinajstić information content (AvgIpc) is 2.24. The normalized spacial score (nSPS) is 10.4. The molecule has 0 aliphatic carbocycles.